The number of aromatic amines is 1. The lowest BCUT2D eigenvalue weighted by atomic mass is 10.1. The number of aromatic nitrogens is 2. The summed E-state index contributed by atoms with van der Waals surface area (Å²) >= 11 is 0. The highest BCUT2D eigenvalue weighted by atomic mass is 16.2. The minimum atomic E-state index is -0.369. The minimum Gasteiger partial charge on any atom is -0.395 e. The Labute approximate surface area is 98.1 Å². The molecule has 1 atom stereocenters. The van der Waals surface area contributed by atoms with E-state index in [1.165, 1.54) is 0 Å². The first-order valence-electron chi connectivity index (χ1n) is 5.39. The molecule has 92 valence electrons. The number of amides is 2. The number of nitrogen functional groups attached to an aromatic ring is 1. The number of nitrogens with two attached hydrogens (primary N) is 2. The highest BCUT2D eigenvalue weighted by Gasteiger charge is 2.32. The Morgan fingerprint density at radius 1 is 1.53 bits per heavy atom. The fraction of sp³-hybridized carbons (Fsp3) is 0.500. The fourth-order valence-electron chi connectivity index (χ4n) is 1.93. The molecule has 1 saturated heterocycles. The molecule has 1 aromatic rings. The third kappa shape index (κ3) is 1.95. The molecule has 0 bridgehead atoms. The summed E-state index contributed by atoms with van der Waals surface area (Å²) < 4.78 is 0. The van der Waals surface area contributed by atoms with Crippen LogP contribution in [0.25, 0.3) is 0 Å². The number of hydrogen-bond donors (Lipinski definition) is 3. The topological polar surface area (TPSA) is 118 Å². The summed E-state index contributed by atoms with van der Waals surface area (Å²) in [5, 5.41) is 6.53. The maximum Gasteiger partial charge on any atom is 0.276 e. The fourth-order valence-corrected chi connectivity index (χ4v) is 1.93. The van der Waals surface area contributed by atoms with Crippen LogP contribution in [0, 0.1) is 12.8 Å². The zero-order valence-electron chi connectivity index (χ0n) is 9.56. The summed E-state index contributed by atoms with van der Waals surface area (Å²) in [5.74, 6) is -0.887. The third-order valence-electron chi connectivity index (χ3n) is 3.07. The lowest BCUT2D eigenvalue weighted by molar-refractivity contribution is -0.121. The second-order valence-corrected chi connectivity index (χ2v) is 4.25. The van der Waals surface area contributed by atoms with E-state index in [-0.39, 0.29) is 23.4 Å². The van der Waals surface area contributed by atoms with Crippen molar-refractivity contribution in [3.63, 3.8) is 0 Å². The molecule has 1 unspecified atom stereocenters. The molecule has 1 aliphatic heterocycles. The number of aryl methyl sites for hydroxylation is 1. The number of anilines is 1. The number of rotatable bonds is 2. The van der Waals surface area contributed by atoms with E-state index in [0.29, 0.717) is 30.9 Å². The second-order valence-electron chi connectivity index (χ2n) is 4.25. The van der Waals surface area contributed by atoms with Crippen LogP contribution in [-0.2, 0) is 4.79 Å². The van der Waals surface area contributed by atoms with Crippen LogP contribution >= 0.6 is 0 Å². The van der Waals surface area contributed by atoms with Crippen molar-refractivity contribution in [3.8, 4) is 0 Å². The van der Waals surface area contributed by atoms with Crippen LogP contribution in [0.2, 0.25) is 0 Å². The van der Waals surface area contributed by atoms with E-state index in [0.717, 1.165) is 0 Å². The summed E-state index contributed by atoms with van der Waals surface area (Å²) in [6.45, 7) is 2.60. The maximum atomic E-state index is 12.1. The Bertz CT molecular complexity index is 467. The normalized spacial score (nSPS) is 19.6. The van der Waals surface area contributed by atoms with E-state index in [2.05, 4.69) is 10.2 Å². The molecule has 2 heterocycles. The lowest BCUT2D eigenvalue weighted by Crippen LogP contribution is -2.32. The van der Waals surface area contributed by atoms with Gasteiger partial charge in [0.25, 0.3) is 5.91 Å². The first-order valence-corrected chi connectivity index (χ1v) is 5.39. The van der Waals surface area contributed by atoms with Gasteiger partial charge in [0.05, 0.1) is 17.3 Å². The second kappa shape index (κ2) is 4.08. The molecule has 0 radical (unpaired) electrons. The number of H-pyrrole nitrogens is 1. The van der Waals surface area contributed by atoms with Gasteiger partial charge >= 0.3 is 0 Å². The standard InChI is InChI=1S/C10H15N5O2/c1-5-7(11)8(14-13-5)10(17)15-3-2-6(4-15)9(12)16/h6H,2-4,11H2,1H3,(H2,12,16)(H,13,14). The molecule has 1 aromatic heterocycles. The monoisotopic (exact) mass is 237 g/mol. The maximum absolute atomic E-state index is 12.1. The lowest BCUT2D eigenvalue weighted by Gasteiger charge is -2.14. The largest absolute Gasteiger partial charge is 0.395 e. The number of nitrogens with one attached hydrogen (secondary N) is 1. The van der Waals surface area contributed by atoms with Gasteiger partial charge in [0.2, 0.25) is 5.91 Å². The van der Waals surface area contributed by atoms with Crippen LogP contribution in [0.5, 0.6) is 0 Å². The van der Waals surface area contributed by atoms with Gasteiger partial charge < -0.3 is 16.4 Å². The summed E-state index contributed by atoms with van der Waals surface area (Å²) in [6, 6.07) is 0. The Kier molecular flexibility index (Phi) is 2.74. The molecule has 17 heavy (non-hydrogen) atoms. The van der Waals surface area contributed by atoms with Crippen molar-refractivity contribution in [2.24, 2.45) is 11.7 Å². The highest BCUT2D eigenvalue weighted by molar-refractivity contribution is 5.98. The molecular formula is C10H15N5O2. The smallest absolute Gasteiger partial charge is 0.276 e. The van der Waals surface area contributed by atoms with Crippen LogP contribution in [0.15, 0.2) is 0 Å². The van der Waals surface area contributed by atoms with Gasteiger partial charge in [0, 0.05) is 13.1 Å². The highest BCUT2D eigenvalue weighted by Crippen LogP contribution is 2.21. The van der Waals surface area contributed by atoms with Gasteiger partial charge in [-0.25, -0.2) is 0 Å². The molecule has 5 N–H and O–H groups in total. The third-order valence-corrected chi connectivity index (χ3v) is 3.07. The average Bonchev–Trinajstić information content (AvgIpc) is 2.87. The van der Waals surface area contributed by atoms with Crippen LogP contribution in [0.4, 0.5) is 5.69 Å². The molecule has 1 fully saturated rings. The van der Waals surface area contributed by atoms with Gasteiger partial charge in [0.1, 0.15) is 0 Å². The van der Waals surface area contributed by atoms with Gasteiger partial charge in [-0.2, -0.15) is 5.10 Å². The van der Waals surface area contributed by atoms with Crippen molar-refractivity contribution in [3.05, 3.63) is 11.4 Å². The van der Waals surface area contributed by atoms with E-state index in [1.807, 2.05) is 0 Å². The van der Waals surface area contributed by atoms with Crippen molar-refractivity contribution >= 4 is 17.5 Å². The van der Waals surface area contributed by atoms with E-state index < -0.39 is 0 Å². The molecule has 7 heteroatoms. The molecule has 1 aliphatic rings. The van der Waals surface area contributed by atoms with E-state index in [9.17, 15) is 9.59 Å². The molecule has 0 saturated carbocycles. The van der Waals surface area contributed by atoms with Gasteiger partial charge in [-0.1, -0.05) is 0 Å². The molecular weight excluding hydrogens is 222 g/mol. The molecule has 2 amide bonds. The zero-order valence-corrected chi connectivity index (χ0v) is 9.56. The SMILES string of the molecule is Cc1[nH]nc(C(=O)N2CCC(C(N)=O)C2)c1N. The molecule has 7 nitrogen and oxygen atoms in total. The van der Waals surface area contributed by atoms with Crippen molar-refractivity contribution < 1.29 is 9.59 Å². The predicted molar refractivity (Wildman–Crippen MR) is 60.9 cm³/mol. The van der Waals surface area contributed by atoms with Crippen LogP contribution in [0.1, 0.15) is 22.6 Å². The number of hydrogen-bond acceptors (Lipinski definition) is 4. The summed E-state index contributed by atoms with van der Waals surface area (Å²) in [7, 11) is 0. The van der Waals surface area contributed by atoms with Crippen molar-refractivity contribution in [1.82, 2.24) is 15.1 Å². The molecule has 2 rings (SSSR count). The number of carbonyl (C=O) groups is 2. The van der Waals surface area contributed by atoms with Gasteiger partial charge in [-0.15, -0.1) is 0 Å². The summed E-state index contributed by atoms with van der Waals surface area (Å²) in [4.78, 5) is 24.6. The van der Waals surface area contributed by atoms with Gasteiger partial charge in [-0.05, 0) is 13.3 Å². The minimum absolute atomic E-state index is 0.215. The van der Waals surface area contributed by atoms with Crippen molar-refractivity contribution in [1.29, 1.82) is 0 Å². The average molecular weight is 237 g/mol. The van der Waals surface area contributed by atoms with Crippen LogP contribution < -0.4 is 11.5 Å². The molecule has 0 spiro atoms. The van der Waals surface area contributed by atoms with E-state index in [4.69, 9.17) is 11.5 Å². The van der Waals surface area contributed by atoms with Gasteiger partial charge in [0.15, 0.2) is 5.69 Å². The predicted octanol–water partition coefficient (Wildman–Crippen LogP) is -0.752. The Morgan fingerprint density at radius 2 is 2.24 bits per heavy atom. The Hall–Kier alpha value is -2.05. The van der Waals surface area contributed by atoms with Crippen molar-refractivity contribution in [2.75, 3.05) is 18.8 Å². The summed E-state index contributed by atoms with van der Waals surface area (Å²) in [5.41, 5.74) is 12.2. The summed E-state index contributed by atoms with van der Waals surface area (Å²) in [6.07, 6.45) is 0.602. The Morgan fingerprint density at radius 3 is 2.71 bits per heavy atom. The molecule has 0 aliphatic carbocycles. The first kappa shape index (κ1) is 11.4. The molecule has 0 aromatic carbocycles. The Balaban J connectivity index is 2.12. The quantitative estimate of drug-likeness (QED) is 0.627. The van der Waals surface area contributed by atoms with Crippen LogP contribution in [0.3, 0.4) is 0 Å². The number of nitrogens with zero attached hydrogens (tertiary/aromatic N) is 2. The van der Waals surface area contributed by atoms with E-state index >= 15 is 0 Å². The zero-order chi connectivity index (χ0) is 12.6. The number of carbonyl (C=O) groups excluding carboxylic acids is 2. The van der Waals surface area contributed by atoms with Crippen LogP contribution in [-0.4, -0.2) is 40.0 Å². The van der Waals surface area contributed by atoms with Crippen molar-refractivity contribution in [2.45, 2.75) is 13.3 Å². The number of primary amides is 1. The first-order chi connectivity index (χ1) is 8.00. The number of likely N-dealkylation sites (tertiary alicyclic amines) is 1. The van der Waals surface area contributed by atoms with Gasteiger partial charge in [-0.3, -0.25) is 14.7 Å². The van der Waals surface area contributed by atoms with E-state index in [1.54, 1.807) is 11.8 Å².